The molecule has 1 fully saturated rings. The molecule has 112 valence electrons. The van der Waals surface area contributed by atoms with Crippen molar-refractivity contribution < 1.29 is 0 Å². The van der Waals surface area contributed by atoms with Crippen molar-refractivity contribution in [3.05, 3.63) is 38.7 Å². The van der Waals surface area contributed by atoms with Crippen molar-refractivity contribution in [2.45, 2.75) is 53.1 Å². The van der Waals surface area contributed by atoms with E-state index in [1.54, 1.807) is 0 Å². The number of rotatable bonds is 4. The summed E-state index contributed by atoms with van der Waals surface area (Å²) in [5.41, 5.74) is 5.63. The molecule has 4 nitrogen and oxygen atoms in total. The molecule has 2 aromatic rings. The smallest absolute Gasteiger partial charge is 0.158 e. The van der Waals surface area contributed by atoms with Gasteiger partial charge in [0.15, 0.2) is 5.82 Å². The third-order valence-electron chi connectivity index (χ3n) is 4.00. The number of nitrogens with one attached hydrogen (secondary N) is 1. The Morgan fingerprint density at radius 2 is 2.00 bits per heavy atom. The Balaban J connectivity index is 2.07. The number of hydrogen-bond acceptors (Lipinski definition) is 3. The molecule has 3 rings (SSSR count). The van der Waals surface area contributed by atoms with Gasteiger partial charge >= 0.3 is 0 Å². The summed E-state index contributed by atoms with van der Waals surface area (Å²) in [4.78, 5) is 4.76. The van der Waals surface area contributed by atoms with E-state index in [0.29, 0.717) is 6.04 Å². The second-order valence-corrected chi connectivity index (χ2v) is 6.73. The maximum atomic E-state index is 4.76. The van der Waals surface area contributed by atoms with E-state index in [0.717, 1.165) is 33.9 Å². The van der Waals surface area contributed by atoms with Crippen LogP contribution in [-0.2, 0) is 6.54 Å². The highest BCUT2D eigenvalue weighted by Crippen LogP contribution is 2.26. The monoisotopic (exact) mass is 348 g/mol. The van der Waals surface area contributed by atoms with Crippen LogP contribution in [0, 0.1) is 27.7 Å². The molecule has 1 aliphatic carbocycles. The molecule has 0 bridgehead atoms. The number of aromatic nitrogens is 3. The third kappa shape index (κ3) is 2.90. The van der Waals surface area contributed by atoms with Gasteiger partial charge in [-0.25, -0.2) is 9.67 Å². The minimum absolute atomic E-state index is 0.686. The van der Waals surface area contributed by atoms with Crippen LogP contribution in [-0.4, -0.2) is 20.8 Å². The Morgan fingerprint density at radius 1 is 1.29 bits per heavy atom. The van der Waals surface area contributed by atoms with Gasteiger partial charge in [-0.1, -0.05) is 0 Å². The quantitative estimate of drug-likeness (QED) is 0.919. The minimum Gasteiger partial charge on any atom is -0.310 e. The van der Waals surface area contributed by atoms with Crippen molar-refractivity contribution in [1.82, 2.24) is 20.1 Å². The van der Waals surface area contributed by atoms with Gasteiger partial charge in [0.2, 0.25) is 0 Å². The van der Waals surface area contributed by atoms with E-state index in [4.69, 9.17) is 4.98 Å². The molecule has 2 heterocycles. The molecular formula is C16H21BrN4. The molecule has 5 heteroatoms. The van der Waals surface area contributed by atoms with Crippen LogP contribution in [0.5, 0.6) is 0 Å². The van der Waals surface area contributed by atoms with E-state index in [1.165, 1.54) is 24.0 Å². The number of halogens is 1. The molecular weight excluding hydrogens is 328 g/mol. The average molecular weight is 349 g/mol. The summed E-state index contributed by atoms with van der Waals surface area (Å²) in [5.74, 6) is 0.951. The first kappa shape index (κ1) is 14.7. The second-order valence-electron chi connectivity index (χ2n) is 5.93. The molecule has 1 saturated carbocycles. The lowest BCUT2D eigenvalue weighted by Crippen LogP contribution is -2.19. The Kier molecular flexibility index (Phi) is 3.88. The summed E-state index contributed by atoms with van der Waals surface area (Å²) in [6.45, 7) is 9.13. The second kappa shape index (κ2) is 5.54. The lowest BCUT2D eigenvalue weighted by molar-refractivity contribution is 0.670. The van der Waals surface area contributed by atoms with E-state index in [9.17, 15) is 0 Å². The highest BCUT2D eigenvalue weighted by atomic mass is 79.9. The van der Waals surface area contributed by atoms with Gasteiger partial charge in [-0.15, -0.1) is 0 Å². The highest BCUT2D eigenvalue weighted by Gasteiger charge is 2.22. The minimum atomic E-state index is 0.686. The molecule has 1 aliphatic rings. The third-order valence-corrected chi connectivity index (χ3v) is 5.15. The van der Waals surface area contributed by atoms with Crippen LogP contribution >= 0.6 is 15.9 Å². The van der Waals surface area contributed by atoms with Gasteiger partial charge in [0.25, 0.3) is 0 Å². The average Bonchev–Trinajstić information content (AvgIpc) is 3.21. The first-order valence-electron chi connectivity index (χ1n) is 7.40. The van der Waals surface area contributed by atoms with Crippen LogP contribution in [0.3, 0.4) is 0 Å². The summed E-state index contributed by atoms with van der Waals surface area (Å²) in [6, 6.07) is 2.83. The normalized spacial score (nSPS) is 14.7. The Bertz CT molecular complexity index is 686. The van der Waals surface area contributed by atoms with Crippen molar-refractivity contribution in [2.75, 3.05) is 0 Å². The van der Waals surface area contributed by atoms with Gasteiger partial charge in [0.05, 0.1) is 15.9 Å². The summed E-state index contributed by atoms with van der Waals surface area (Å²) >= 11 is 3.60. The Hall–Kier alpha value is -1.20. The van der Waals surface area contributed by atoms with Crippen molar-refractivity contribution in [3.63, 3.8) is 0 Å². The lowest BCUT2D eigenvalue weighted by Gasteiger charge is -2.15. The molecule has 0 atom stereocenters. The van der Waals surface area contributed by atoms with Crippen LogP contribution in [0.1, 0.15) is 41.1 Å². The number of hydrogen-bond donors (Lipinski definition) is 1. The van der Waals surface area contributed by atoms with E-state index in [1.807, 2.05) is 18.5 Å². The fourth-order valence-electron chi connectivity index (χ4n) is 2.60. The number of aryl methyl sites for hydroxylation is 3. The van der Waals surface area contributed by atoms with Crippen molar-refractivity contribution in [2.24, 2.45) is 0 Å². The summed E-state index contributed by atoms with van der Waals surface area (Å²) < 4.78 is 3.02. The van der Waals surface area contributed by atoms with Crippen molar-refractivity contribution in [3.8, 4) is 5.82 Å². The zero-order valence-electron chi connectivity index (χ0n) is 13.0. The number of pyridine rings is 1. The fourth-order valence-corrected chi connectivity index (χ4v) is 2.85. The zero-order chi connectivity index (χ0) is 15.1. The lowest BCUT2D eigenvalue weighted by atomic mass is 10.1. The largest absolute Gasteiger partial charge is 0.310 e. The molecule has 2 aromatic heterocycles. The van der Waals surface area contributed by atoms with E-state index >= 15 is 0 Å². The topological polar surface area (TPSA) is 42.7 Å². The van der Waals surface area contributed by atoms with Gasteiger partial charge in [0, 0.05) is 23.8 Å². The van der Waals surface area contributed by atoms with Gasteiger partial charge < -0.3 is 5.32 Å². The van der Waals surface area contributed by atoms with Crippen molar-refractivity contribution >= 4 is 15.9 Å². The van der Waals surface area contributed by atoms with Gasteiger partial charge in [-0.3, -0.25) is 0 Å². The van der Waals surface area contributed by atoms with Crippen LogP contribution in [0.15, 0.2) is 10.5 Å². The number of nitrogens with zero attached hydrogens (tertiary/aromatic N) is 3. The fraction of sp³-hybridized carbons (Fsp3) is 0.500. The highest BCUT2D eigenvalue weighted by molar-refractivity contribution is 9.10. The molecule has 0 spiro atoms. The Labute approximate surface area is 134 Å². The molecule has 21 heavy (non-hydrogen) atoms. The molecule has 1 N–H and O–H groups in total. The standard InChI is InChI=1S/C16H21BrN4/c1-9-7-10(2)19-16(14(9)8-18-13-5-6-13)21-12(4)15(17)11(3)20-21/h7,13,18H,5-6,8H2,1-4H3. The molecule has 0 aromatic carbocycles. The molecule has 0 amide bonds. The summed E-state index contributed by atoms with van der Waals surface area (Å²) in [7, 11) is 0. The molecule has 0 saturated heterocycles. The summed E-state index contributed by atoms with van der Waals surface area (Å²) in [6.07, 6.45) is 2.58. The van der Waals surface area contributed by atoms with E-state index in [2.05, 4.69) is 46.3 Å². The molecule has 0 unspecified atom stereocenters. The SMILES string of the molecule is Cc1cc(C)c(CNC2CC2)c(-n2nc(C)c(Br)c2C)n1. The van der Waals surface area contributed by atoms with Gasteiger partial charge in [0.1, 0.15) is 0 Å². The first-order chi connectivity index (χ1) is 9.97. The van der Waals surface area contributed by atoms with Crippen LogP contribution < -0.4 is 5.32 Å². The maximum absolute atomic E-state index is 4.76. The van der Waals surface area contributed by atoms with Crippen LogP contribution in [0.25, 0.3) is 5.82 Å². The first-order valence-corrected chi connectivity index (χ1v) is 8.19. The van der Waals surface area contributed by atoms with Crippen LogP contribution in [0.2, 0.25) is 0 Å². The predicted molar refractivity (Wildman–Crippen MR) is 87.9 cm³/mol. The van der Waals surface area contributed by atoms with E-state index in [-0.39, 0.29) is 0 Å². The molecule has 0 aliphatic heterocycles. The Morgan fingerprint density at radius 3 is 2.57 bits per heavy atom. The summed E-state index contributed by atoms with van der Waals surface area (Å²) in [5, 5.41) is 8.24. The van der Waals surface area contributed by atoms with E-state index < -0.39 is 0 Å². The van der Waals surface area contributed by atoms with Gasteiger partial charge in [-0.05, 0) is 68.1 Å². The predicted octanol–water partition coefficient (Wildman–Crippen LogP) is 3.52. The van der Waals surface area contributed by atoms with Crippen molar-refractivity contribution in [1.29, 1.82) is 0 Å². The maximum Gasteiger partial charge on any atom is 0.158 e. The zero-order valence-corrected chi connectivity index (χ0v) is 14.6. The van der Waals surface area contributed by atoms with Gasteiger partial charge in [-0.2, -0.15) is 5.10 Å². The van der Waals surface area contributed by atoms with Crippen LogP contribution in [0.4, 0.5) is 0 Å². The molecule has 0 radical (unpaired) electrons.